The van der Waals surface area contributed by atoms with Crippen molar-refractivity contribution in [3.05, 3.63) is 0 Å². The maximum absolute atomic E-state index is 10.3. The van der Waals surface area contributed by atoms with E-state index in [4.69, 9.17) is 15.3 Å². The summed E-state index contributed by atoms with van der Waals surface area (Å²) in [6, 6.07) is 0. The van der Waals surface area contributed by atoms with Crippen molar-refractivity contribution in [1.82, 2.24) is 0 Å². The molecular formula is C44H88O6. The van der Waals surface area contributed by atoms with Gasteiger partial charge in [0.15, 0.2) is 0 Å². The normalized spacial score (nSPS) is 10.6. The van der Waals surface area contributed by atoms with Crippen molar-refractivity contribution in [3.63, 3.8) is 0 Å². The van der Waals surface area contributed by atoms with E-state index in [9.17, 15) is 14.4 Å². The van der Waals surface area contributed by atoms with Crippen LogP contribution in [0.2, 0.25) is 0 Å². The molecule has 0 aromatic carbocycles. The van der Waals surface area contributed by atoms with Crippen LogP contribution in [0.3, 0.4) is 0 Å². The fourth-order valence-corrected chi connectivity index (χ4v) is 6.17. The van der Waals surface area contributed by atoms with Crippen LogP contribution in [0.1, 0.15) is 265 Å². The van der Waals surface area contributed by atoms with Crippen molar-refractivity contribution in [1.29, 1.82) is 0 Å². The Morgan fingerprint density at radius 2 is 0.360 bits per heavy atom. The van der Waals surface area contributed by atoms with E-state index < -0.39 is 17.9 Å². The third-order valence-corrected chi connectivity index (χ3v) is 9.48. The van der Waals surface area contributed by atoms with E-state index in [1.165, 1.54) is 186 Å². The van der Waals surface area contributed by atoms with Crippen LogP contribution in [0.5, 0.6) is 0 Å². The van der Waals surface area contributed by atoms with Crippen LogP contribution < -0.4 is 0 Å². The van der Waals surface area contributed by atoms with E-state index in [0.29, 0.717) is 19.3 Å². The lowest BCUT2D eigenvalue weighted by Gasteiger charge is -2.02. The van der Waals surface area contributed by atoms with Gasteiger partial charge in [-0.15, -0.1) is 0 Å². The van der Waals surface area contributed by atoms with Gasteiger partial charge in [-0.2, -0.15) is 0 Å². The van der Waals surface area contributed by atoms with E-state index in [-0.39, 0.29) is 0 Å². The second-order valence-corrected chi connectivity index (χ2v) is 14.7. The zero-order valence-corrected chi connectivity index (χ0v) is 33.9. The maximum Gasteiger partial charge on any atom is 0.303 e. The number of hydrogen-bond acceptors (Lipinski definition) is 3. The Kier molecular flexibility index (Phi) is 52.3. The standard InChI is InChI=1S/C16H32O2.2C14H28O2/c1-2-3-4-5-6-7-8-9-10-11-12-13-14-15-16(17)18;2*1-2-3-4-5-6-7-8-9-10-11-12-13-14(15)16/h2-15H2,1H3,(H,17,18);2*2-13H2,1H3,(H,15,16). The number of carboxylic acids is 3. The molecule has 0 saturated heterocycles. The fraction of sp³-hybridized carbons (Fsp3) is 0.932. The zero-order valence-electron chi connectivity index (χ0n) is 33.9. The average molecular weight is 713 g/mol. The molecule has 0 aliphatic heterocycles. The van der Waals surface area contributed by atoms with Crippen LogP contribution >= 0.6 is 0 Å². The molecule has 0 unspecified atom stereocenters. The predicted octanol–water partition coefficient (Wildman–Crippen LogP) is 15.1. The Morgan fingerprint density at radius 1 is 0.240 bits per heavy atom. The molecule has 0 aliphatic carbocycles. The van der Waals surface area contributed by atoms with Gasteiger partial charge in [0.2, 0.25) is 0 Å². The Morgan fingerprint density at radius 3 is 0.480 bits per heavy atom. The minimum absolute atomic E-state index is 0.344. The third kappa shape index (κ3) is 61.6. The number of carbonyl (C=O) groups is 3. The highest BCUT2D eigenvalue weighted by Gasteiger charge is 1.99. The molecule has 0 radical (unpaired) electrons. The van der Waals surface area contributed by atoms with Crippen molar-refractivity contribution in [2.45, 2.75) is 265 Å². The largest absolute Gasteiger partial charge is 0.481 e. The lowest BCUT2D eigenvalue weighted by molar-refractivity contribution is -0.138. The van der Waals surface area contributed by atoms with E-state index in [1.807, 2.05) is 0 Å². The SMILES string of the molecule is CCCCCCCCCCCCCC(=O)O.CCCCCCCCCCCCCC(=O)O.CCCCCCCCCCCCCCCC(=O)O. The molecule has 6 heteroatoms. The summed E-state index contributed by atoms with van der Waals surface area (Å²) >= 11 is 0. The first-order chi connectivity index (χ1) is 24.3. The summed E-state index contributed by atoms with van der Waals surface area (Å²) in [6.45, 7) is 6.75. The summed E-state index contributed by atoms with van der Waals surface area (Å²) in [7, 11) is 0. The molecule has 50 heavy (non-hydrogen) atoms. The van der Waals surface area contributed by atoms with Gasteiger partial charge in [0.25, 0.3) is 0 Å². The van der Waals surface area contributed by atoms with Crippen molar-refractivity contribution < 1.29 is 29.7 Å². The molecule has 0 bridgehead atoms. The second kappa shape index (κ2) is 49.5. The molecule has 0 atom stereocenters. The monoisotopic (exact) mass is 713 g/mol. The Balaban J connectivity index is -0.000000664. The van der Waals surface area contributed by atoms with Gasteiger partial charge in [0.1, 0.15) is 0 Å². The van der Waals surface area contributed by atoms with Gasteiger partial charge < -0.3 is 15.3 Å². The summed E-state index contributed by atoms with van der Waals surface area (Å²) < 4.78 is 0. The summed E-state index contributed by atoms with van der Waals surface area (Å²) in [5.74, 6) is -1.97. The highest BCUT2D eigenvalue weighted by Crippen LogP contribution is 2.14. The quantitative estimate of drug-likeness (QED) is 0.0549. The van der Waals surface area contributed by atoms with E-state index in [1.54, 1.807) is 0 Å². The maximum atomic E-state index is 10.3. The van der Waals surface area contributed by atoms with Crippen LogP contribution in [0, 0.1) is 0 Å². The van der Waals surface area contributed by atoms with Crippen LogP contribution in [-0.4, -0.2) is 33.2 Å². The van der Waals surface area contributed by atoms with Crippen LogP contribution in [-0.2, 0) is 14.4 Å². The van der Waals surface area contributed by atoms with Gasteiger partial charge in [-0.25, -0.2) is 0 Å². The van der Waals surface area contributed by atoms with Crippen LogP contribution in [0.25, 0.3) is 0 Å². The smallest absolute Gasteiger partial charge is 0.303 e. The topological polar surface area (TPSA) is 112 Å². The van der Waals surface area contributed by atoms with Crippen molar-refractivity contribution in [2.75, 3.05) is 0 Å². The molecular weight excluding hydrogens is 624 g/mol. The molecule has 3 N–H and O–H groups in total. The Hall–Kier alpha value is -1.59. The van der Waals surface area contributed by atoms with E-state index >= 15 is 0 Å². The van der Waals surface area contributed by atoms with Crippen molar-refractivity contribution in [2.24, 2.45) is 0 Å². The molecule has 0 aliphatic rings. The average Bonchev–Trinajstić information content (AvgIpc) is 3.08. The van der Waals surface area contributed by atoms with E-state index in [0.717, 1.165) is 38.5 Å². The number of carboxylic acid groups (broad SMARTS) is 3. The van der Waals surface area contributed by atoms with Gasteiger partial charge in [0.05, 0.1) is 0 Å². The first-order valence-electron chi connectivity index (χ1n) is 22.0. The number of hydrogen-bond donors (Lipinski definition) is 3. The van der Waals surface area contributed by atoms with Crippen molar-refractivity contribution in [3.8, 4) is 0 Å². The summed E-state index contributed by atoms with van der Waals surface area (Å²) in [5.41, 5.74) is 0. The number of unbranched alkanes of at least 4 members (excludes halogenated alkanes) is 32. The molecule has 0 aromatic rings. The van der Waals surface area contributed by atoms with Gasteiger partial charge in [-0.3, -0.25) is 14.4 Å². The summed E-state index contributed by atoms with van der Waals surface area (Å²) in [4.78, 5) is 30.8. The molecule has 0 rings (SSSR count). The lowest BCUT2D eigenvalue weighted by atomic mass is 10.0. The molecule has 0 spiro atoms. The summed E-state index contributed by atoms with van der Waals surface area (Å²) in [6.07, 6.45) is 46.0. The molecule has 0 heterocycles. The fourth-order valence-electron chi connectivity index (χ4n) is 6.17. The third-order valence-electron chi connectivity index (χ3n) is 9.48. The van der Waals surface area contributed by atoms with Gasteiger partial charge in [-0.1, -0.05) is 226 Å². The van der Waals surface area contributed by atoms with Crippen molar-refractivity contribution >= 4 is 17.9 Å². The molecule has 6 nitrogen and oxygen atoms in total. The predicted molar refractivity (Wildman–Crippen MR) is 215 cm³/mol. The van der Waals surface area contributed by atoms with Gasteiger partial charge in [-0.05, 0) is 19.3 Å². The Bertz CT molecular complexity index is 629. The Labute approximate surface area is 311 Å². The lowest BCUT2D eigenvalue weighted by Crippen LogP contribution is -1.93. The first-order valence-corrected chi connectivity index (χ1v) is 22.0. The van der Waals surface area contributed by atoms with E-state index in [2.05, 4.69) is 20.8 Å². The minimum atomic E-state index is -0.657. The van der Waals surface area contributed by atoms with Crippen LogP contribution in [0.4, 0.5) is 0 Å². The second-order valence-electron chi connectivity index (χ2n) is 14.7. The number of rotatable bonds is 38. The molecule has 0 saturated carbocycles. The highest BCUT2D eigenvalue weighted by molar-refractivity contribution is 5.67. The zero-order chi connectivity index (χ0) is 37.6. The molecule has 0 amide bonds. The van der Waals surface area contributed by atoms with Gasteiger partial charge >= 0.3 is 17.9 Å². The molecule has 0 fully saturated rings. The summed E-state index contributed by atoms with van der Waals surface area (Å²) in [5, 5.41) is 25.4. The molecule has 0 aromatic heterocycles. The minimum Gasteiger partial charge on any atom is -0.481 e. The molecule has 300 valence electrons. The highest BCUT2D eigenvalue weighted by atomic mass is 16.4. The number of aliphatic carboxylic acids is 3. The first kappa shape index (κ1) is 52.8. The van der Waals surface area contributed by atoms with Crippen LogP contribution in [0.15, 0.2) is 0 Å². The van der Waals surface area contributed by atoms with Gasteiger partial charge in [0, 0.05) is 19.3 Å².